The Morgan fingerprint density at radius 3 is 2.43 bits per heavy atom. The summed E-state index contributed by atoms with van der Waals surface area (Å²) in [5, 5.41) is 0. The Balaban J connectivity index is 2.63. The van der Waals surface area contributed by atoms with Crippen LogP contribution in [0.25, 0.3) is 0 Å². The van der Waals surface area contributed by atoms with Crippen molar-refractivity contribution in [1.82, 2.24) is 4.90 Å². The summed E-state index contributed by atoms with van der Waals surface area (Å²) >= 11 is 0. The van der Waals surface area contributed by atoms with E-state index in [1.54, 1.807) is 0 Å². The van der Waals surface area contributed by atoms with Crippen molar-refractivity contribution in [1.29, 1.82) is 0 Å². The van der Waals surface area contributed by atoms with E-state index in [0.717, 1.165) is 25.7 Å². The fourth-order valence-electron chi connectivity index (χ4n) is 1.96. The minimum absolute atomic E-state index is 0.210. The van der Waals surface area contributed by atoms with Gasteiger partial charge in [-0.2, -0.15) is 0 Å². The third-order valence-corrected chi connectivity index (χ3v) is 3.73. The zero-order valence-electron chi connectivity index (χ0n) is 9.55. The van der Waals surface area contributed by atoms with Gasteiger partial charge in [-0.15, -0.1) is 0 Å². The Bertz CT molecular complexity index is 206. The number of carbonyl (C=O) groups excluding carboxylic acids is 1. The van der Waals surface area contributed by atoms with E-state index in [2.05, 4.69) is 13.8 Å². The first-order valence-electron chi connectivity index (χ1n) is 5.54. The van der Waals surface area contributed by atoms with Gasteiger partial charge in [-0.05, 0) is 26.2 Å². The Labute approximate surface area is 86.6 Å². The van der Waals surface area contributed by atoms with E-state index in [1.807, 2.05) is 11.9 Å². The van der Waals surface area contributed by atoms with Gasteiger partial charge in [0.15, 0.2) is 0 Å². The second kappa shape index (κ2) is 4.30. The maximum absolute atomic E-state index is 12.1. The van der Waals surface area contributed by atoms with Crippen LogP contribution in [0.15, 0.2) is 0 Å². The van der Waals surface area contributed by atoms with Gasteiger partial charge in [0.25, 0.3) is 0 Å². The largest absolute Gasteiger partial charge is 0.343 e. The van der Waals surface area contributed by atoms with Gasteiger partial charge in [-0.1, -0.05) is 13.3 Å². The van der Waals surface area contributed by atoms with E-state index in [1.165, 1.54) is 0 Å². The lowest BCUT2D eigenvalue weighted by Crippen LogP contribution is -2.52. The SMILES string of the molecule is CCC(C)N(C)C(=O)C1(CN)CCC1. The first kappa shape index (κ1) is 11.5. The number of nitrogens with zero attached hydrogens (tertiary/aromatic N) is 1. The summed E-state index contributed by atoms with van der Waals surface area (Å²) < 4.78 is 0. The third-order valence-electron chi connectivity index (χ3n) is 3.73. The molecule has 1 atom stereocenters. The third kappa shape index (κ3) is 1.78. The van der Waals surface area contributed by atoms with Crippen molar-refractivity contribution in [3.05, 3.63) is 0 Å². The van der Waals surface area contributed by atoms with Gasteiger partial charge in [0.1, 0.15) is 0 Å². The topological polar surface area (TPSA) is 46.3 Å². The number of hydrogen-bond donors (Lipinski definition) is 1. The lowest BCUT2D eigenvalue weighted by atomic mass is 9.67. The van der Waals surface area contributed by atoms with Gasteiger partial charge in [0.2, 0.25) is 5.91 Å². The van der Waals surface area contributed by atoms with Crippen molar-refractivity contribution in [3.8, 4) is 0 Å². The molecule has 1 aliphatic carbocycles. The summed E-state index contributed by atoms with van der Waals surface area (Å²) in [5.74, 6) is 0.251. The number of rotatable bonds is 4. The van der Waals surface area contributed by atoms with Gasteiger partial charge in [-0.3, -0.25) is 4.79 Å². The van der Waals surface area contributed by atoms with E-state index in [0.29, 0.717) is 12.6 Å². The van der Waals surface area contributed by atoms with E-state index < -0.39 is 0 Å². The van der Waals surface area contributed by atoms with Crippen molar-refractivity contribution in [2.24, 2.45) is 11.1 Å². The summed E-state index contributed by atoms with van der Waals surface area (Å²) in [6.07, 6.45) is 4.10. The molecular formula is C11H22N2O. The molecule has 1 aliphatic rings. The lowest BCUT2D eigenvalue weighted by molar-refractivity contribution is -0.147. The van der Waals surface area contributed by atoms with Crippen molar-refractivity contribution < 1.29 is 4.79 Å². The van der Waals surface area contributed by atoms with Crippen LogP contribution in [0.2, 0.25) is 0 Å². The summed E-state index contributed by atoms with van der Waals surface area (Å²) in [6, 6.07) is 0.325. The predicted octanol–water partition coefficient (Wildman–Crippen LogP) is 1.37. The molecule has 14 heavy (non-hydrogen) atoms. The van der Waals surface area contributed by atoms with Crippen LogP contribution >= 0.6 is 0 Å². The number of carbonyl (C=O) groups is 1. The molecule has 0 bridgehead atoms. The minimum atomic E-state index is -0.210. The van der Waals surface area contributed by atoms with Gasteiger partial charge >= 0.3 is 0 Å². The molecule has 0 aromatic carbocycles. The standard InChI is InChI=1S/C11H22N2O/c1-4-9(2)13(3)10(14)11(8-12)6-5-7-11/h9H,4-8,12H2,1-3H3. The molecule has 0 aromatic heterocycles. The Morgan fingerprint density at radius 2 is 2.14 bits per heavy atom. The molecule has 82 valence electrons. The van der Waals surface area contributed by atoms with E-state index in [9.17, 15) is 4.79 Å². The zero-order valence-corrected chi connectivity index (χ0v) is 9.55. The van der Waals surface area contributed by atoms with Gasteiger partial charge in [0.05, 0.1) is 5.41 Å². The lowest BCUT2D eigenvalue weighted by Gasteiger charge is -2.43. The highest BCUT2D eigenvalue weighted by atomic mass is 16.2. The average molecular weight is 198 g/mol. The normalized spacial score (nSPS) is 21.1. The van der Waals surface area contributed by atoms with Crippen LogP contribution in [0.5, 0.6) is 0 Å². The molecule has 1 rings (SSSR count). The molecule has 3 nitrogen and oxygen atoms in total. The number of nitrogens with two attached hydrogens (primary N) is 1. The van der Waals surface area contributed by atoms with Crippen LogP contribution in [0.4, 0.5) is 0 Å². The van der Waals surface area contributed by atoms with Crippen molar-refractivity contribution in [2.45, 2.75) is 45.6 Å². The summed E-state index contributed by atoms with van der Waals surface area (Å²) in [5.41, 5.74) is 5.49. The molecule has 1 fully saturated rings. The molecule has 1 amide bonds. The maximum atomic E-state index is 12.1. The fourth-order valence-corrected chi connectivity index (χ4v) is 1.96. The minimum Gasteiger partial charge on any atom is -0.343 e. The molecule has 0 radical (unpaired) electrons. The molecule has 0 aliphatic heterocycles. The van der Waals surface area contributed by atoms with E-state index >= 15 is 0 Å². The fraction of sp³-hybridized carbons (Fsp3) is 0.909. The molecule has 3 heteroatoms. The van der Waals surface area contributed by atoms with Gasteiger partial charge in [-0.25, -0.2) is 0 Å². The summed E-state index contributed by atoms with van der Waals surface area (Å²) in [6.45, 7) is 4.69. The highest BCUT2D eigenvalue weighted by Gasteiger charge is 2.44. The van der Waals surface area contributed by atoms with Crippen LogP contribution in [0.3, 0.4) is 0 Å². The molecule has 0 spiro atoms. The average Bonchev–Trinajstić information content (AvgIpc) is 2.14. The van der Waals surface area contributed by atoms with Gasteiger partial charge in [0, 0.05) is 19.6 Å². The smallest absolute Gasteiger partial charge is 0.230 e. The molecule has 0 heterocycles. The van der Waals surface area contributed by atoms with Crippen LogP contribution in [0, 0.1) is 5.41 Å². The van der Waals surface area contributed by atoms with Crippen LogP contribution in [-0.2, 0) is 4.79 Å². The predicted molar refractivity (Wildman–Crippen MR) is 57.9 cm³/mol. The Morgan fingerprint density at radius 1 is 1.57 bits per heavy atom. The molecule has 2 N–H and O–H groups in total. The van der Waals surface area contributed by atoms with E-state index in [4.69, 9.17) is 5.73 Å². The van der Waals surface area contributed by atoms with Crippen LogP contribution < -0.4 is 5.73 Å². The van der Waals surface area contributed by atoms with E-state index in [-0.39, 0.29) is 11.3 Å². The molecular weight excluding hydrogens is 176 g/mol. The first-order chi connectivity index (χ1) is 6.57. The molecule has 0 aromatic rings. The van der Waals surface area contributed by atoms with Crippen LogP contribution in [-0.4, -0.2) is 30.4 Å². The molecule has 1 saturated carbocycles. The Hall–Kier alpha value is -0.570. The molecule has 1 unspecified atom stereocenters. The highest BCUT2D eigenvalue weighted by molar-refractivity contribution is 5.84. The second-order valence-corrected chi connectivity index (χ2v) is 4.51. The number of amides is 1. The van der Waals surface area contributed by atoms with Gasteiger partial charge < -0.3 is 10.6 Å². The summed E-state index contributed by atoms with van der Waals surface area (Å²) in [4.78, 5) is 14.0. The number of hydrogen-bond acceptors (Lipinski definition) is 2. The monoisotopic (exact) mass is 198 g/mol. The highest BCUT2D eigenvalue weighted by Crippen LogP contribution is 2.41. The quantitative estimate of drug-likeness (QED) is 0.741. The van der Waals surface area contributed by atoms with Crippen molar-refractivity contribution in [3.63, 3.8) is 0 Å². The Kier molecular flexibility index (Phi) is 3.53. The van der Waals surface area contributed by atoms with Crippen molar-refractivity contribution in [2.75, 3.05) is 13.6 Å². The van der Waals surface area contributed by atoms with Crippen molar-refractivity contribution >= 4 is 5.91 Å². The zero-order chi connectivity index (χ0) is 10.8. The maximum Gasteiger partial charge on any atom is 0.230 e. The first-order valence-corrected chi connectivity index (χ1v) is 5.54. The van der Waals surface area contributed by atoms with Crippen LogP contribution in [0.1, 0.15) is 39.5 Å². The molecule has 0 saturated heterocycles. The second-order valence-electron chi connectivity index (χ2n) is 4.51. The summed E-state index contributed by atoms with van der Waals surface area (Å²) in [7, 11) is 1.90.